The monoisotopic (exact) mass is 336 g/mol. The summed E-state index contributed by atoms with van der Waals surface area (Å²) >= 11 is 0. The Balaban J connectivity index is 0.00000108. The molecule has 0 aliphatic carbocycles. The van der Waals surface area contributed by atoms with Gasteiger partial charge in [0.05, 0.1) is 0 Å². The van der Waals surface area contributed by atoms with Gasteiger partial charge in [-0.25, -0.2) is 4.98 Å². The van der Waals surface area contributed by atoms with Crippen molar-refractivity contribution in [3.8, 4) is 0 Å². The molecule has 0 bridgehead atoms. The Morgan fingerprint density at radius 3 is 2.82 bits per heavy atom. The van der Waals surface area contributed by atoms with E-state index in [2.05, 4.69) is 54.0 Å². The summed E-state index contributed by atoms with van der Waals surface area (Å²) in [6.45, 7) is 2.14. The predicted octanol–water partition coefficient (Wildman–Crippen LogP) is -0.475. The highest BCUT2D eigenvalue weighted by Gasteiger charge is 2.11. The van der Waals surface area contributed by atoms with Crippen molar-refractivity contribution in [1.82, 2.24) is 4.98 Å². The van der Waals surface area contributed by atoms with Crippen LogP contribution >= 0.6 is 0 Å². The summed E-state index contributed by atoms with van der Waals surface area (Å²) in [5.74, 6) is 0. The molecule has 0 amide bonds. The van der Waals surface area contributed by atoms with Gasteiger partial charge in [0.1, 0.15) is 12.6 Å². The van der Waals surface area contributed by atoms with Gasteiger partial charge in [0.15, 0.2) is 6.20 Å². The van der Waals surface area contributed by atoms with Crippen LogP contribution in [0.25, 0.3) is 21.8 Å². The molecule has 17 heavy (non-hydrogen) atoms. The fraction of sp³-hybridized carbons (Fsp3) is 0.143. The maximum atomic E-state index is 4.51. The number of rotatable bonds is 0. The topological polar surface area (TPSA) is 16.8 Å². The zero-order valence-corrected chi connectivity index (χ0v) is 12.0. The Bertz CT molecular complexity index is 692. The van der Waals surface area contributed by atoms with Crippen LogP contribution < -0.4 is 28.5 Å². The second-order valence-corrected chi connectivity index (χ2v) is 4.15. The molecule has 86 valence electrons. The predicted molar refractivity (Wildman–Crippen MR) is 65.2 cm³/mol. The fourth-order valence-corrected chi connectivity index (χ4v) is 2.28. The molecule has 0 fully saturated rings. The third kappa shape index (κ3) is 1.88. The number of nitrogens with zero attached hydrogens (tertiary/aromatic N) is 2. The summed E-state index contributed by atoms with van der Waals surface area (Å²) in [7, 11) is 2.06. The largest absolute Gasteiger partial charge is 1.00 e. The lowest BCUT2D eigenvalue weighted by atomic mass is 10.1. The SMILES string of the molecule is Cc1cc2ccc[n+](C)c2c2ncccc12.[I-]. The summed E-state index contributed by atoms with van der Waals surface area (Å²) in [5.41, 5.74) is 3.56. The molecule has 1 aromatic carbocycles. The Morgan fingerprint density at radius 1 is 1.18 bits per heavy atom. The molecule has 2 nitrogen and oxygen atoms in total. The van der Waals surface area contributed by atoms with Gasteiger partial charge in [-0.3, -0.25) is 0 Å². The van der Waals surface area contributed by atoms with Gasteiger partial charge < -0.3 is 24.0 Å². The maximum Gasteiger partial charge on any atom is 0.238 e. The average molecular weight is 336 g/mol. The molecule has 0 spiro atoms. The number of fused-ring (bicyclic) bond motifs is 3. The quantitative estimate of drug-likeness (QED) is 0.308. The van der Waals surface area contributed by atoms with Crippen LogP contribution in [-0.2, 0) is 7.05 Å². The van der Waals surface area contributed by atoms with Gasteiger partial charge in [-0.05, 0) is 30.7 Å². The standard InChI is InChI=1S/C14H13N2.HI/c1-10-9-11-5-4-8-16(2)14(11)13-12(10)6-3-7-15-13;/h3-9H,1-2H3;1H/q+1;/p-1. The molecule has 0 aliphatic heterocycles. The Hall–Kier alpha value is -1.23. The van der Waals surface area contributed by atoms with E-state index in [0.29, 0.717) is 0 Å². The molecule has 0 saturated heterocycles. The molecule has 0 atom stereocenters. The van der Waals surface area contributed by atoms with Gasteiger partial charge in [-0.15, -0.1) is 0 Å². The van der Waals surface area contributed by atoms with Crippen LogP contribution in [0.5, 0.6) is 0 Å². The Labute approximate surface area is 117 Å². The van der Waals surface area contributed by atoms with Gasteiger partial charge in [0, 0.05) is 23.0 Å². The molecule has 3 aromatic rings. The van der Waals surface area contributed by atoms with Crippen molar-refractivity contribution in [2.75, 3.05) is 0 Å². The van der Waals surface area contributed by atoms with Crippen molar-refractivity contribution in [3.05, 3.63) is 48.3 Å². The highest BCUT2D eigenvalue weighted by molar-refractivity contribution is 6.02. The van der Waals surface area contributed by atoms with Crippen LogP contribution in [0.2, 0.25) is 0 Å². The number of halogens is 1. The number of pyridine rings is 2. The first-order chi connectivity index (χ1) is 7.77. The van der Waals surface area contributed by atoms with Gasteiger partial charge in [-0.2, -0.15) is 4.57 Å². The lowest BCUT2D eigenvalue weighted by Crippen LogP contribution is -3.00. The van der Waals surface area contributed by atoms with E-state index in [1.807, 2.05) is 12.3 Å². The van der Waals surface area contributed by atoms with E-state index in [-0.39, 0.29) is 24.0 Å². The molecular weight excluding hydrogens is 323 g/mol. The van der Waals surface area contributed by atoms with Crippen molar-refractivity contribution in [3.63, 3.8) is 0 Å². The lowest BCUT2D eigenvalue weighted by molar-refractivity contribution is -0.644. The van der Waals surface area contributed by atoms with E-state index in [4.69, 9.17) is 0 Å². The van der Waals surface area contributed by atoms with Crippen molar-refractivity contribution >= 4 is 21.8 Å². The van der Waals surface area contributed by atoms with Crippen LogP contribution in [0.4, 0.5) is 0 Å². The first-order valence-electron chi connectivity index (χ1n) is 5.40. The molecule has 0 aliphatic rings. The number of aromatic nitrogens is 2. The zero-order chi connectivity index (χ0) is 11.1. The molecule has 2 aromatic heterocycles. The minimum Gasteiger partial charge on any atom is -1.00 e. The highest BCUT2D eigenvalue weighted by atomic mass is 127. The summed E-state index contributed by atoms with van der Waals surface area (Å²) < 4.78 is 2.13. The van der Waals surface area contributed by atoms with E-state index in [1.165, 1.54) is 21.9 Å². The van der Waals surface area contributed by atoms with Crippen LogP contribution in [0.15, 0.2) is 42.7 Å². The average Bonchev–Trinajstić information content (AvgIpc) is 2.29. The van der Waals surface area contributed by atoms with Crippen LogP contribution in [0.1, 0.15) is 5.56 Å². The molecule has 0 N–H and O–H groups in total. The molecule has 0 radical (unpaired) electrons. The summed E-state index contributed by atoms with van der Waals surface area (Å²) in [6, 6.07) is 10.5. The fourth-order valence-electron chi connectivity index (χ4n) is 2.28. The van der Waals surface area contributed by atoms with Gasteiger partial charge in [-0.1, -0.05) is 6.07 Å². The van der Waals surface area contributed by atoms with Crippen LogP contribution in [0, 0.1) is 6.92 Å². The number of hydrogen-bond donors (Lipinski definition) is 0. The molecule has 3 rings (SSSR count). The van der Waals surface area contributed by atoms with E-state index in [9.17, 15) is 0 Å². The highest BCUT2D eigenvalue weighted by Crippen LogP contribution is 2.23. The minimum absolute atomic E-state index is 0. The van der Waals surface area contributed by atoms with Crippen molar-refractivity contribution in [2.24, 2.45) is 7.05 Å². The summed E-state index contributed by atoms with van der Waals surface area (Å²) in [5, 5.41) is 2.48. The summed E-state index contributed by atoms with van der Waals surface area (Å²) in [4.78, 5) is 4.51. The molecule has 3 heteroatoms. The number of aryl methyl sites for hydroxylation is 2. The normalized spacial score (nSPS) is 10.5. The van der Waals surface area contributed by atoms with Gasteiger partial charge >= 0.3 is 0 Å². The maximum absolute atomic E-state index is 4.51. The second kappa shape index (κ2) is 4.56. The van der Waals surface area contributed by atoms with Crippen LogP contribution in [-0.4, -0.2) is 4.98 Å². The third-order valence-corrected chi connectivity index (χ3v) is 3.04. The van der Waals surface area contributed by atoms with E-state index >= 15 is 0 Å². The second-order valence-electron chi connectivity index (χ2n) is 4.15. The van der Waals surface area contributed by atoms with E-state index < -0.39 is 0 Å². The first kappa shape index (κ1) is 12.2. The summed E-state index contributed by atoms with van der Waals surface area (Å²) in [6.07, 6.45) is 3.92. The Kier molecular flexibility index (Phi) is 3.28. The first-order valence-corrected chi connectivity index (χ1v) is 5.40. The minimum atomic E-state index is 0. The van der Waals surface area contributed by atoms with E-state index in [0.717, 1.165) is 5.52 Å². The molecule has 0 unspecified atom stereocenters. The van der Waals surface area contributed by atoms with Gasteiger partial charge in [0.2, 0.25) is 5.52 Å². The molecule has 0 saturated carbocycles. The van der Waals surface area contributed by atoms with Crippen molar-refractivity contribution in [2.45, 2.75) is 6.92 Å². The van der Waals surface area contributed by atoms with Gasteiger partial charge in [0.25, 0.3) is 0 Å². The van der Waals surface area contributed by atoms with Crippen molar-refractivity contribution < 1.29 is 28.5 Å². The molecule has 2 heterocycles. The Morgan fingerprint density at radius 2 is 2.00 bits per heavy atom. The zero-order valence-electron chi connectivity index (χ0n) is 9.81. The lowest BCUT2D eigenvalue weighted by Gasteiger charge is -2.04. The number of hydrogen-bond acceptors (Lipinski definition) is 1. The van der Waals surface area contributed by atoms with Crippen LogP contribution in [0.3, 0.4) is 0 Å². The third-order valence-electron chi connectivity index (χ3n) is 3.04. The number of benzene rings is 1. The van der Waals surface area contributed by atoms with E-state index in [1.54, 1.807) is 0 Å². The van der Waals surface area contributed by atoms with Crippen molar-refractivity contribution in [1.29, 1.82) is 0 Å². The smallest absolute Gasteiger partial charge is 0.238 e. The molecular formula is C14H13IN2.